The van der Waals surface area contributed by atoms with Crippen molar-refractivity contribution in [1.29, 1.82) is 0 Å². The summed E-state index contributed by atoms with van der Waals surface area (Å²) in [6.07, 6.45) is 14.6. The van der Waals surface area contributed by atoms with Crippen molar-refractivity contribution in [2.75, 3.05) is 0 Å². The third-order valence-electron chi connectivity index (χ3n) is 14.4. The lowest BCUT2D eigenvalue weighted by Crippen LogP contribution is -2.76. The summed E-state index contributed by atoms with van der Waals surface area (Å²) >= 11 is 0. The highest BCUT2D eigenvalue weighted by Gasteiger charge is 2.87. The van der Waals surface area contributed by atoms with Gasteiger partial charge in [-0.05, 0) is 145 Å². The molecule has 8 aliphatic carbocycles. The predicted molar refractivity (Wildman–Crippen MR) is 149 cm³/mol. The molecule has 5 heteroatoms. The first kappa shape index (κ1) is 23.2. The highest BCUT2D eigenvalue weighted by molar-refractivity contribution is 7.75. The van der Waals surface area contributed by atoms with Crippen LogP contribution >= 0.6 is 7.14 Å². The van der Waals surface area contributed by atoms with Crippen LogP contribution in [0.3, 0.4) is 0 Å². The summed E-state index contributed by atoms with van der Waals surface area (Å²) in [5, 5.41) is 1.27. The van der Waals surface area contributed by atoms with Crippen molar-refractivity contribution in [3.8, 4) is 0 Å². The Kier molecular flexibility index (Phi) is 4.17. The van der Waals surface area contributed by atoms with Gasteiger partial charge in [0, 0.05) is 15.6 Å². The topological polar surface area (TPSA) is 35.5 Å². The second-order valence-corrected chi connectivity index (χ2v) is 19.8. The molecule has 1 spiro atoms. The molecule has 1 heterocycles. The molecule has 198 valence electrons. The molecule has 6 bridgehead atoms. The van der Waals surface area contributed by atoms with E-state index in [1.165, 1.54) is 75.9 Å². The Morgan fingerprint density at radius 2 is 1.24 bits per heavy atom. The lowest BCUT2D eigenvalue weighted by Gasteiger charge is -2.79. The van der Waals surface area contributed by atoms with E-state index in [0.717, 1.165) is 41.0 Å². The van der Waals surface area contributed by atoms with Crippen LogP contribution in [0.15, 0.2) is 24.3 Å². The molecule has 3 unspecified atom stereocenters. The van der Waals surface area contributed by atoms with E-state index < -0.39 is 14.3 Å². The molecule has 9 aliphatic rings. The van der Waals surface area contributed by atoms with E-state index in [9.17, 15) is 0 Å². The molecule has 9 fully saturated rings. The van der Waals surface area contributed by atoms with Gasteiger partial charge in [0.25, 0.3) is 0 Å². The molecule has 8 saturated carbocycles. The van der Waals surface area contributed by atoms with Crippen LogP contribution in [0.4, 0.5) is 0 Å². The van der Waals surface area contributed by atoms with E-state index >= 15 is 4.57 Å². The summed E-state index contributed by atoms with van der Waals surface area (Å²) < 4.78 is 30.3. The molecular formula is C32H44BO3P. The average molecular weight is 518 g/mol. The monoisotopic (exact) mass is 518 g/mol. The lowest BCUT2D eigenvalue weighted by molar-refractivity contribution is -0.155. The van der Waals surface area contributed by atoms with Crippen LogP contribution < -0.4 is 10.8 Å². The van der Waals surface area contributed by atoms with Crippen molar-refractivity contribution in [3.63, 3.8) is 0 Å². The van der Waals surface area contributed by atoms with E-state index in [2.05, 4.69) is 52.0 Å². The molecule has 3 nitrogen and oxygen atoms in total. The van der Waals surface area contributed by atoms with Gasteiger partial charge in [-0.2, -0.15) is 0 Å². The van der Waals surface area contributed by atoms with Gasteiger partial charge in [0.2, 0.25) is 0 Å². The quantitative estimate of drug-likeness (QED) is 0.336. The molecule has 1 aromatic carbocycles. The first-order chi connectivity index (χ1) is 17.5. The molecule has 0 aromatic heterocycles. The Hall–Kier alpha value is -0.565. The van der Waals surface area contributed by atoms with Crippen molar-refractivity contribution in [1.82, 2.24) is 0 Å². The molecule has 0 amide bonds. The third kappa shape index (κ3) is 2.40. The lowest BCUT2D eigenvalue weighted by atomic mass is 9.38. The highest BCUT2D eigenvalue weighted by atomic mass is 31.2. The van der Waals surface area contributed by atoms with Crippen LogP contribution in [0.25, 0.3) is 0 Å². The number of rotatable bonds is 4. The zero-order chi connectivity index (χ0) is 25.2. The summed E-state index contributed by atoms with van der Waals surface area (Å²) in [5.41, 5.74) is 0.726. The Labute approximate surface area is 223 Å². The molecule has 1 saturated heterocycles. The van der Waals surface area contributed by atoms with Gasteiger partial charge < -0.3 is 13.9 Å². The Morgan fingerprint density at radius 3 is 1.78 bits per heavy atom. The fourth-order valence-corrected chi connectivity index (χ4v) is 19.3. The number of fused-ring (bicyclic) bond motifs is 1. The maximum Gasteiger partial charge on any atom is 0.495 e. The third-order valence-corrected chi connectivity index (χ3v) is 19.4. The minimum absolute atomic E-state index is 0.0207. The maximum absolute atomic E-state index is 16.9. The highest BCUT2D eigenvalue weighted by Crippen LogP contribution is 2.95. The van der Waals surface area contributed by atoms with Crippen LogP contribution in [0.1, 0.15) is 98.3 Å². The van der Waals surface area contributed by atoms with Crippen molar-refractivity contribution in [2.45, 2.75) is 120 Å². The molecule has 0 radical (unpaired) electrons. The fourth-order valence-electron chi connectivity index (χ4n) is 13.0. The standard InChI is InChI=1S/C32H44BO3P/c1-28(2)29(3,4)36-33(35-28)26-7-5-6-8-27(26)37(34,30-14-20-9-21(15-30)11-22(10-20)16-30)31-18-24-12-23-13-25(19-31)32(24,31)17-23/h5-8,20-25H,9-19H2,1-4H3. The summed E-state index contributed by atoms with van der Waals surface area (Å²) in [6.45, 7) is 8.60. The van der Waals surface area contributed by atoms with Crippen LogP contribution in [-0.4, -0.2) is 28.6 Å². The normalized spacial score (nSPS) is 52.5. The van der Waals surface area contributed by atoms with Gasteiger partial charge in [-0.25, -0.2) is 0 Å². The largest absolute Gasteiger partial charge is 0.495 e. The predicted octanol–water partition coefficient (Wildman–Crippen LogP) is 6.52. The van der Waals surface area contributed by atoms with E-state index in [1.54, 1.807) is 0 Å². The van der Waals surface area contributed by atoms with Gasteiger partial charge in [-0.3, -0.25) is 0 Å². The van der Waals surface area contributed by atoms with E-state index in [4.69, 9.17) is 9.31 Å². The fraction of sp³-hybridized carbons (Fsp3) is 0.812. The number of hydrogen-bond donors (Lipinski definition) is 0. The van der Waals surface area contributed by atoms with Gasteiger partial charge in [-0.1, -0.05) is 24.3 Å². The van der Waals surface area contributed by atoms with Gasteiger partial charge in [0.05, 0.1) is 11.2 Å². The zero-order valence-electron chi connectivity index (χ0n) is 23.3. The van der Waals surface area contributed by atoms with E-state index in [0.29, 0.717) is 5.41 Å². The Morgan fingerprint density at radius 1 is 0.730 bits per heavy atom. The Bertz CT molecular complexity index is 1180. The first-order valence-electron chi connectivity index (χ1n) is 15.6. The summed E-state index contributed by atoms with van der Waals surface area (Å²) in [7, 11) is -3.21. The molecule has 10 rings (SSSR count). The average Bonchev–Trinajstić information content (AvgIpc) is 3.41. The zero-order valence-corrected chi connectivity index (χ0v) is 24.2. The van der Waals surface area contributed by atoms with Crippen molar-refractivity contribution in [2.24, 2.45) is 40.9 Å². The Balaban J connectivity index is 1.25. The van der Waals surface area contributed by atoms with Gasteiger partial charge in [-0.15, -0.1) is 0 Å². The molecule has 37 heavy (non-hydrogen) atoms. The summed E-state index contributed by atoms with van der Waals surface area (Å²) in [4.78, 5) is 0. The van der Waals surface area contributed by atoms with Gasteiger partial charge >= 0.3 is 7.12 Å². The van der Waals surface area contributed by atoms with Crippen molar-refractivity contribution in [3.05, 3.63) is 24.3 Å². The van der Waals surface area contributed by atoms with Crippen molar-refractivity contribution >= 4 is 25.0 Å². The minimum Gasteiger partial charge on any atom is -0.399 e. The van der Waals surface area contributed by atoms with E-state index in [-0.39, 0.29) is 21.5 Å². The van der Waals surface area contributed by atoms with Crippen LogP contribution in [-0.2, 0) is 13.9 Å². The van der Waals surface area contributed by atoms with Crippen LogP contribution in [0.2, 0.25) is 0 Å². The maximum atomic E-state index is 16.9. The number of benzene rings is 1. The van der Waals surface area contributed by atoms with Gasteiger partial charge in [0.1, 0.15) is 7.14 Å². The summed E-state index contributed by atoms with van der Waals surface area (Å²) in [5.74, 6) is 5.06. The molecule has 3 atom stereocenters. The molecule has 1 aliphatic heterocycles. The molecule has 0 N–H and O–H groups in total. The molecular weight excluding hydrogens is 474 g/mol. The van der Waals surface area contributed by atoms with Crippen LogP contribution in [0.5, 0.6) is 0 Å². The number of hydrogen-bond acceptors (Lipinski definition) is 3. The second-order valence-electron chi connectivity index (χ2n) is 16.3. The SMILES string of the molecule is CC1(C)OB(c2ccccc2P(=O)(C23CC4CC(CC(C4)C2)C3)C23CC4CC5CC(C2)C43C5)OC1(C)C. The second kappa shape index (κ2) is 6.66. The summed E-state index contributed by atoms with van der Waals surface area (Å²) in [6, 6.07) is 8.84. The molecule has 1 aromatic rings. The smallest absolute Gasteiger partial charge is 0.399 e. The van der Waals surface area contributed by atoms with Crippen LogP contribution in [0, 0.1) is 40.9 Å². The van der Waals surface area contributed by atoms with E-state index in [1.807, 2.05) is 0 Å². The van der Waals surface area contributed by atoms with Gasteiger partial charge in [0.15, 0.2) is 0 Å². The van der Waals surface area contributed by atoms with Crippen molar-refractivity contribution < 1.29 is 13.9 Å². The first-order valence-corrected chi connectivity index (χ1v) is 17.3. The minimum atomic E-state index is -2.78.